The lowest BCUT2D eigenvalue weighted by Gasteiger charge is -2.25. The Bertz CT molecular complexity index is 854. The number of benzene rings is 1. The molecule has 0 radical (unpaired) electrons. The van der Waals surface area contributed by atoms with Crippen molar-refractivity contribution in [1.82, 2.24) is 14.9 Å². The fourth-order valence-corrected chi connectivity index (χ4v) is 3.86. The van der Waals surface area contributed by atoms with E-state index in [1.54, 1.807) is 12.3 Å². The topological polar surface area (TPSA) is 49.6 Å². The zero-order valence-electron chi connectivity index (χ0n) is 15.6. The van der Waals surface area contributed by atoms with E-state index in [2.05, 4.69) is 15.4 Å². The number of carbonyl (C=O) groups is 1. The number of aromatic nitrogens is 1. The molecule has 3 rings (SSSR count). The number of hydrogen-bond acceptors (Lipinski definition) is 3. The molecule has 1 aliphatic rings. The minimum absolute atomic E-state index is 0.0835. The summed E-state index contributed by atoms with van der Waals surface area (Å²) in [5.74, 6) is -0.0835. The van der Waals surface area contributed by atoms with Crippen molar-refractivity contribution in [3.63, 3.8) is 0 Å². The zero-order chi connectivity index (χ0) is 19.4. The van der Waals surface area contributed by atoms with Crippen LogP contribution in [0.5, 0.6) is 0 Å². The summed E-state index contributed by atoms with van der Waals surface area (Å²) >= 11 is 12.5. The van der Waals surface area contributed by atoms with E-state index in [0.29, 0.717) is 16.6 Å². The SMILES string of the molecule is Cc1cc(/C=N\NC(=O)CN2CCCCC2)c(C)n1-c1cccc(Cl)c1Cl. The molecule has 0 atom stereocenters. The van der Waals surface area contributed by atoms with Gasteiger partial charge in [-0.05, 0) is 58.0 Å². The summed E-state index contributed by atoms with van der Waals surface area (Å²) in [6.45, 7) is 6.35. The normalized spacial score (nSPS) is 15.4. The number of amides is 1. The van der Waals surface area contributed by atoms with Crippen LogP contribution in [0.15, 0.2) is 29.4 Å². The molecule has 1 aromatic heterocycles. The Morgan fingerprint density at radius 1 is 1.22 bits per heavy atom. The number of halogens is 2. The zero-order valence-corrected chi connectivity index (χ0v) is 17.1. The molecule has 144 valence electrons. The largest absolute Gasteiger partial charge is 0.316 e. The van der Waals surface area contributed by atoms with E-state index in [1.807, 2.05) is 36.6 Å². The Kier molecular flexibility index (Phi) is 6.58. The maximum Gasteiger partial charge on any atom is 0.254 e. The Morgan fingerprint density at radius 3 is 2.70 bits per heavy atom. The first-order chi connectivity index (χ1) is 13.0. The lowest BCUT2D eigenvalue weighted by atomic mass is 10.1. The number of likely N-dealkylation sites (tertiary alicyclic amines) is 1. The van der Waals surface area contributed by atoms with E-state index >= 15 is 0 Å². The lowest BCUT2D eigenvalue weighted by molar-refractivity contribution is -0.122. The second-order valence-corrected chi connectivity index (χ2v) is 7.65. The molecule has 2 aromatic rings. The predicted octanol–water partition coefficient (Wildman–Crippen LogP) is 4.34. The van der Waals surface area contributed by atoms with Crippen LogP contribution < -0.4 is 5.43 Å². The first-order valence-corrected chi connectivity index (χ1v) is 9.90. The fourth-order valence-electron chi connectivity index (χ4n) is 3.48. The monoisotopic (exact) mass is 406 g/mol. The van der Waals surface area contributed by atoms with Crippen LogP contribution in [0.2, 0.25) is 10.0 Å². The Morgan fingerprint density at radius 2 is 1.96 bits per heavy atom. The molecule has 0 aliphatic carbocycles. The third-order valence-corrected chi connectivity index (χ3v) is 5.66. The van der Waals surface area contributed by atoms with Gasteiger partial charge in [0.1, 0.15) is 0 Å². The van der Waals surface area contributed by atoms with E-state index in [1.165, 1.54) is 6.42 Å². The maximum absolute atomic E-state index is 12.1. The summed E-state index contributed by atoms with van der Waals surface area (Å²) < 4.78 is 2.03. The van der Waals surface area contributed by atoms with Crippen LogP contribution in [-0.2, 0) is 4.79 Å². The highest BCUT2D eigenvalue weighted by Gasteiger charge is 2.15. The maximum atomic E-state index is 12.1. The third kappa shape index (κ3) is 4.72. The average Bonchev–Trinajstić information content (AvgIpc) is 2.92. The van der Waals surface area contributed by atoms with Crippen LogP contribution in [0.1, 0.15) is 36.2 Å². The van der Waals surface area contributed by atoms with Gasteiger partial charge in [0, 0.05) is 17.0 Å². The van der Waals surface area contributed by atoms with Gasteiger partial charge in [-0.1, -0.05) is 35.7 Å². The van der Waals surface area contributed by atoms with Gasteiger partial charge >= 0.3 is 0 Å². The molecule has 0 spiro atoms. The van der Waals surface area contributed by atoms with Crippen molar-refractivity contribution < 1.29 is 4.79 Å². The van der Waals surface area contributed by atoms with Crippen molar-refractivity contribution in [3.8, 4) is 5.69 Å². The molecular weight excluding hydrogens is 383 g/mol. The number of nitrogens with one attached hydrogen (secondary N) is 1. The molecule has 1 fully saturated rings. The van der Waals surface area contributed by atoms with Crippen LogP contribution in [0.25, 0.3) is 5.69 Å². The molecule has 0 bridgehead atoms. The number of piperidine rings is 1. The number of nitrogens with zero attached hydrogens (tertiary/aromatic N) is 3. The van der Waals surface area contributed by atoms with E-state index in [0.717, 1.165) is 48.6 Å². The summed E-state index contributed by atoms with van der Waals surface area (Å²) in [4.78, 5) is 14.2. The second-order valence-electron chi connectivity index (χ2n) is 6.86. The van der Waals surface area contributed by atoms with Crippen LogP contribution in [0, 0.1) is 13.8 Å². The molecule has 7 heteroatoms. The van der Waals surface area contributed by atoms with Gasteiger partial charge in [-0.15, -0.1) is 0 Å². The molecular formula is C20H24Cl2N4O. The Labute approximate surface area is 169 Å². The van der Waals surface area contributed by atoms with Crippen molar-refractivity contribution in [1.29, 1.82) is 0 Å². The first-order valence-electron chi connectivity index (χ1n) is 9.15. The number of hydrazone groups is 1. The van der Waals surface area contributed by atoms with Crippen molar-refractivity contribution in [2.45, 2.75) is 33.1 Å². The molecule has 0 unspecified atom stereocenters. The molecule has 1 N–H and O–H groups in total. The summed E-state index contributed by atoms with van der Waals surface area (Å²) in [6, 6.07) is 7.57. The van der Waals surface area contributed by atoms with Crippen molar-refractivity contribution >= 4 is 35.3 Å². The highest BCUT2D eigenvalue weighted by Crippen LogP contribution is 2.31. The molecule has 1 aliphatic heterocycles. The van der Waals surface area contributed by atoms with Gasteiger partial charge in [0.2, 0.25) is 0 Å². The third-order valence-electron chi connectivity index (χ3n) is 4.85. The molecule has 1 aromatic carbocycles. The van der Waals surface area contributed by atoms with Crippen LogP contribution >= 0.6 is 23.2 Å². The van der Waals surface area contributed by atoms with Gasteiger partial charge in [-0.25, -0.2) is 5.43 Å². The predicted molar refractivity (Wildman–Crippen MR) is 111 cm³/mol. The van der Waals surface area contributed by atoms with E-state index in [4.69, 9.17) is 23.2 Å². The van der Waals surface area contributed by atoms with Crippen molar-refractivity contribution in [3.05, 3.63) is 51.3 Å². The quantitative estimate of drug-likeness (QED) is 0.592. The Hall–Kier alpha value is -1.82. The fraction of sp³-hybridized carbons (Fsp3) is 0.400. The lowest BCUT2D eigenvalue weighted by Crippen LogP contribution is -2.38. The molecule has 1 amide bonds. The molecule has 0 saturated carbocycles. The van der Waals surface area contributed by atoms with Gasteiger partial charge in [-0.2, -0.15) is 5.10 Å². The van der Waals surface area contributed by atoms with Crippen molar-refractivity contribution in [2.24, 2.45) is 5.10 Å². The second kappa shape index (κ2) is 8.91. The summed E-state index contributed by atoms with van der Waals surface area (Å²) in [7, 11) is 0. The van der Waals surface area contributed by atoms with E-state index in [9.17, 15) is 4.79 Å². The number of rotatable bonds is 5. The van der Waals surface area contributed by atoms with Gasteiger partial charge in [0.15, 0.2) is 0 Å². The molecule has 2 heterocycles. The smallest absolute Gasteiger partial charge is 0.254 e. The van der Waals surface area contributed by atoms with Crippen LogP contribution in [-0.4, -0.2) is 41.2 Å². The average molecular weight is 407 g/mol. The van der Waals surface area contributed by atoms with Crippen LogP contribution in [0.4, 0.5) is 0 Å². The van der Waals surface area contributed by atoms with Crippen molar-refractivity contribution in [2.75, 3.05) is 19.6 Å². The van der Waals surface area contributed by atoms with Gasteiger partial charge < -0.3 is 4.57 Å². The van der Waals surface area contributed by atoms with E-state index < -0.39 is 0 Å². The Balaban J connectivity index is 1.70. The van der Waals surface area contributed by atoms with Gasteiger partial charge in [0.05, 0.1) is 28.5 Å². The van der Waals surface area contributed by atoms with Gasteiger partial charge in [0.25, 0.3) is 5.91 Å². The first kappa shape index (κ1) is 19.9. The number of hydrogen-bond donors (Lipinski definition) is 1. The summed E-state index contributed by atoms with van der Waals surface area (Å²) in [5.41, 5.74) is 6.36. The standard InChI is InChI=1S/C20H24Cl2N4O/c1-14-11-16(12-23-24-19(27)13-25-9-4-3-5-10-25)15(2)26(14)18-8-6-7-17(21)20(18)22/h6-8,11-12H,3-5,9-10,13H2,1-2H3,(H,24,27)/b23-12-. The molecule has 5 nitrogen and oxygen atoms in total. The number of aryl methyl sites for hydroxylation is 1. The minimum Gasteiger partial charge on any atom is -0.316 e. The number of carbonyl (C=O) groups excluding carboxylic acids is 1. The molecule has 27 heavy (non-hydrogen) atoms. The highest BCUT2D eigenvalue weighted by molar-refractivity contribution is 6.43. The van der Waals surface area contributed by atoms with Crippen LogP contribution in [0.3, 0.4) is 0 Å². The van der Waals surface area contributed by atoms with Gasteiger partial charge in [-0.3, -0.25) is 9.69 Å². The minimum atomic E-state index is -0.0835. The van der Waals surface area contributed by atoms with E-state index in [-0.39, 0.29) is 5.91 Å². The molecule has 1 saturated heterocycles. The summed E-state index contributed by atoms with van der Waals surface area (Å²) in [5, 5.41) is 5.16. The highest BCUT2D eigenvalue weighted by atomic mass is 35.5. The summed E-state index contributed by atoms with van der Waals surface area (Å²) in [6.07, 6.45) is 5.25.